The van der Waals surface area contributed by atoms with Crippen LogP contribution in [0.2, 0.25) is 0 Å². The lowest BCUT2D eigenvalue weighted by Crippen LogP contribution is -2.29. The highest BCUT2D eigenvalue weighted by Crippen LogP contribution is 2.28. The summed E-state index contributed by atoms with van der Waals surface area (Å²) in [5.41, 5.74) is 2.73. The topological polar surface area (TPSA) is 97.2 Å². The third-order valence-corrected chi connectivity index (χ3v) is 5.41. The number of hydrogen-bond donors (Lipinski definition) is 2. The number of carbonyl (C=O) groups excluding carboxylic acids is 1. The predicted molar refractivity (Wildman–Crippen MR) is 127 cm³/mol. The fraction of sp³-hybridized carbons (Fsp3) is 0.478. The van der Waals surface area contributed by atoms with Gasteiger partial charge in [0.05, 0.1) is 25.3 Å². The first-order valence-corrected chi connectivity index (χ1v) is 11.1. The number of methoxy groups -OCH3 is 1. The monoisotopic (exact) mass is 439 g/mol. The van der Waals surface area contributed by atoms with Crippen molar-refractivity contribution in [2.75, 3.05) is 38.6 Å². The standard InChI is InChI=1S/C23H33N7O2/c1-6-29(7-2)12-8-11-24-22(31)17-9-10-18(20(13-17)32-5)27-23-25-14-19-21(28-23)30(15-26-19)16(3)4/h9-10,13-16H,6-8,11-12H2,1-5H3,(H,24,31)(H,25,27,28). The smallest absolute Gasteiger partial charge is 0.251 e. The van der Waals surface area contributed by atoms with Crippen LogP contribution in [0.25, 0.3) is 11.2 Å². The summed E-state index contributed by atoms with van der Waals surface area (Å²) in [7, 11) is 1.57. The molecule has 0 saturated heterocycles. The lowest BCUT2D eigenvalue weighted by Gasteiger charge is -2.17. The zero-order valence-electron chi connectivity index (χ0n) is 19.6. The van der Waals surface area contributed by atoms with Crippen LogP contribution in [-0.4, -0.2) is 63.6 Å². The molecular formula is C23H33N7O2. The van der Waals surface area contributed by atoms with E-state index in [0.717, 1.165) is 37.2 Å². The molecule has 0 unspecified atom stereocenters. The molecule has 0 radical (unpaired) electrons. The number of hydrogen-bond acceptors (Lipinski definition) is 7. The third kappa shape index (κ3) is 5.53. The highest BCUT2D eigenvalue weighted by atomic mass is 16.5. The normalized spacial score (nSPS) is 11.3. The highest BCUT2D eigenvalue weighted by Gasteiger charge is 2.13. The summed E-state index contributed by atoms with van der Waals surface area (Å²) in [4.78, 5) is 28.2. The molecule has 9 heteroatoms. The van der Waals surface area contributed by atoms with E-state index in [1.54, 1.807) is 37.8 Å². The lowest BCUT2D eigenvalue weighted by atomic mass is 10.1. The van der Waals surface area contributed by atoms with Crippen LogP contribution in [0.15, 0.2) is 30.7 Å². The van der Waals surface area contributed by atoms with Crippen LogP contribution >= 0.6 is 0 Å². The molecule has 1 aromatic carbocycles. The number of nitrogens with one attached hydrogen (secondary N) is 2. The van der Waals surface area contributed by atoms with Crippen molar-refractivity contribution in [3.8, 4) is 5.75 Å². The predicted octanol–water partition coefficient (Wildman–Crippen LogP) is 3.62. The maximum Gasteiger partial charge on any atom is 0.251 e. The summed E-state index contributed by atoms with van der Waals surface area (Å²) < 4.78 is 7.50. The molecule has 172 valence electrons. The Kier molecular flexibility index (Phi) is 7.99. The quantitative estimate of drug-likeness (QED) is 0.440. The molecule has 2 N–H and O–H groups in total. The van der Waals surface area contributed by atoms with Crippen molar-refractivity contribution >= 4 is 28.7 Å². The van der Waals surface area contributed by atoms with Crippen LogP contribution in [0.5, 0.6) is 5.75 Å². The van der Waals surface area contributed by atoms with Gasteiger partial charge in [0.1, 0.15) is 11.3 Å². The summed E-state index contributed by atoms with van der Waals surface area (Å²) in [6, 6.07) is 5.53. The van der Waals surface area contributed by atoms with Crippen LogP contribution in [-0.2, 0) is 0 Å². The minimum atomic E-state index is -0.118. The average molecular weight is 440 g/mol. The minimum absolute atomic E-state index is 0.118. The van der Waals surface area contributed by atoms with Crippen molar-refractivity contribution in [3.63, 3.8) is 0 Å². The van der Waals surface area contributed by atoms with E-state index >= 15 is 0 Å². The Labute approximate surface area is 189 Å². The molecule has 9 nitrogen and oxygen atoms in total. The first-order valence-electron chi connectivity index (χ1n) is 11.1. The van der Waals surface area contributed by atoms with E-state index in [-0.39, 0.29) is 11.9 Å². The Bertz CT molecular complexity index is 1040. The zero-order chi connectivity index (χ0) is 23.1. The number of anilines is 2. The number of fused-ring (bicyclic) bond motifs is 1. The zero-order valence-corrected chi connectivity index (χ0v) is 19.6. The third-order valence-electron chi connectivity index (χ3n) is 5.41. The summed E-state index contributed by atoms with van der Waals surface area (Å²) in [6.45, 7) is 12.1. The van der Waals surface area contributed by atoms with E-state index in [4.69, 9.17) is 4.74 Å². The molecule has 0 saturated carbocycles. The number of nitrogens with zero attached hydrogens (tertiary/aromatic N) is 5. The van der Waals surface area contributed by atoms with Gasteiger partial charge in [-0.15, -0.1) is 0 Å². The number of benzene rings is 1. The molecule has 0 aliphatic heterocycles. The molecule has 3 aromatic rings. The second-order valence-corrected chi connectivity index (χ2v) is 7.82. The molecular weight excluding hydrogens is 406 g/mol. The van der Waals surface area contributed by atoms with Crippen molar-refractivity contribution in [1.82, 2.24) is 29.7 Å². The number of amides is 1. The lowest BCUT2D eigenvalue weighted by molar-refractivity contribution is 0.0951. The Balaban J connectivity index is 1.68. The fourth-order valence-corrected chi connectivity index (χ4v) is 3.47. The van der Waals surface area contributed by atoms with Crippen LogP contribution < -0.4 is 15.4 Å². The SMILES string of the molecule is CCN(CC)CCCNC(=O)c1ccc(Nc2ncc3ncn(C(C)C)c3n2)c(OC)c1. The Morgan fingerprint density at radius 2 is 2.00 bits per heavy atom. The Hall–Kier alpha value is -3.20. The van der Waals surface area contributed by atoms with E-state index in [2.05, 4.69) is 58.2 Å². The van der Waals surface area contributed by atoms with Crippen molar-refractivity contribution in [2.24, 2.45) is 0 Å². The van der Waals surface area contributed by atoms with Crippen molar-refractivity contribution in [3.05, 3.63) is 36.3 Å². The van der Waals surface area contributed by atoms with Gasteiger partial charge >= 0.3 is 0 Å². The van der Waals surface area contributed by atoms with Crippen molar-refractivity contribution < 1.29 is 9.53 Å². The van der Waals surface area contributed by atoms with Gasteiger partial charge in [0.25, 0.3) is 5.91 Å². The van der Waals surface area contributed by atoms with Gasteiger partial charge in [0, 0.05) is 18.2 Å². The minimum Gasteiger partial charge on any atom is -0.495 e. The molecule has 0 fully saturated rings. The molecule has 0 atom stereocenters. The van der Waals surface area contributed by atoms with Gasteiger partial charge in [0.15, 0.2) is 5.65 Å². The van der Waals surface area contributed by atoms with Crippen LogP contribution in [0.4, 0.5) is 11.6 Å². The molecule has 0 aliphatic rings. The molecule has 0 bridgehead atoms. The van der Waals surface area contributed by atoms with E-state index in [1.807, 2.05) is 4.57 Å². The molecule has 0 spiro atoms. The van der Waals surface area contributed by atoms with Gasteiger partial charge in [-0.1, -0.05) is 13.8 Å². The van der Waals surface area contributed by atoms with Crippen molar-refractivity contribution in [2.45, 2.75) is 40.2 Å². The molecule has 0 aliphatic carbocycles. The van der Waals surface area contributed by atoms with Gasteiger partial charge < -0.3 is 24.8 Å². The maximum atomic E-state index is 12.5. The Morgan fingerprint density at radius 1 is 1.22 bits per heavy atom. The van der Waals surface area contributed by atoms with E-state index in [1.165, 1.54) is 0 Å². The number of carbonyl (C=O) groups is 1. The number of aromatic nitrogens is 4. The molecule has 3 rings (SSSR count). The van der Waals surface area contributed by atoms with Gasteiger partial charge in [-0.2, -0.15) is 4.98 Å². The second-order valence-electron chi connectivity index (χ2n) is 7.82. The highest BCUT2D eigenvalue weighted by molar-refractivity contribution is 5.95. The fourth-order valence-electron chi connectivity index (χ4n) is 3.47. The molecule has 2 aromatic heterocycles. The summed E-state index contributed by atoms with van der Waals surface area (Å²) in [6.07, 6.45) is 4.37. The van der Waals surface area contributed by atoms with Gasteiger partial charge in [-0.05, 0) is 58.1 Å². The van der Waals surface area contributed by atoms with E-state index in [0.29, 0.717) is 29.5 Å². The van der Waals surface area contributed by atoms with Crippen LogP contribution in [0.1, 0.15) is 50.5 Å². The number of imidazole rings is 1. The number of rotatable bonds is 11. The Morgan fingerprint density at radius 3 is 2.69 bits per heavy atom. The van der Waals surface area contributed by atoms with Gasteiger partial charge in [-0.3, -0.25) is 4.79 Å². The van der Waals surface area contributed by atoms with E-state index in [9.17, 15) is 4.79 Å². The van der Waals surface area contributed by atoms with Crippen LogP contribution in [0, 0.1) is 0 Å². The molecule has 2 heterocycles. The largest absolute Gasteiger partial charge is 0.495 e. The van der Waals surface area contributed by atoms with Gasteiger partial charge in [0.2, 0.25) is 5.95 Å². The molecule has 32 heavy (non-hydrogen) atoms. The molecule has 1 amide bonds. The van der Waals surface area contributed by atoms with Crippen molar-refractivity contribution in [1.29, 1.82) is 0 Å². The first-order chi connectivity index (χ1) is 15.5. The summed E-state index contributed by atoms with van der Waals surface area (Å²) in [5, 5.41) is 6.17. The first kappa shape index (κ1) is 23.5. The van der Waals surface area contributed by atoms with Crippen LogP contribution in [0.3, 0.4) is 0 Å². The maximum absolute atomic E-state index is 12.5. The number of ether oxygens (including phenoxy) is 1. The van der Waals surface area contributed by atoms with Gasteiger partial charge in [-0.25, -0.2) is 9.97 Å². The summed E-state index contributed by atoms with van der Waals surface area (Å²) in [5.74, 6) is 0.863. The average Bonchev–Trinajstić information content (AvgIpc) is 3.23. The van der Waals surface area contributed by atoms with E-state index < -0.39 is 0 Å². The summed E-state index contributed by atoms with van der Waals surface area (Å²) >= 11 is 0. The second kappa shape index (κ2) is 10.9.